The van der Waals surface area contributed by atoms with Gasteiger partial charge in [0.05, 0.1) is 24.6 Å². The largest absolute Gasteiger partial charge is 0.328 e. The van der Waals surface area contributed by atoms with Crippen LogP contribution >= 0.6 is 11.5 Å². The summed E-state index contributed by atoms with van der Waals surface area (Å²) in [6.45, 7) is 16.6. The minimum absolute atomic E-state index is 0.0436. The summed E-state index contributed by atoms with van der Waals surface area (Å²) in [5.74, 6) is 0. The number of carbonyl (C=O) groups excluding carboxylic acids is 1. The molecule has 0 unspecified atom stereocenters. The van der Waals surface area contributed by atoms with Crippen molar-refractivity contribution < 1.29 is 4.79 Å². The molecule has 0 N–H and O–H groups in total. The molecule has 2 amide bonds. The lowest BCUT2D eigenvalue weighted by molar-refractivity contribution is 0.0739. The van der Waals surface area contributed by atoms with Gasteiger partial charge in [-0.1, -0.05) is 26.3 Å². The zero-order valence-electron chi connectivity index (χ0n) is 15.6. The van der Waals surface area contributed by atoms with Crippen molar-refractivity contribution in [3.05, 3.63) is 23.9 Å². The van der Waals surface area contributed by atoms with Crippen LogP contribution in [0.15, 0.2) is 12.7 Å². The van der Waals surface area contributed by atoms with Crippen molar-refractivity contribution in [1.82, 2.24) is 14.2 Å². The lowest BCUT2D eigenvalue weighted by atomic mass is 10.0. The van der Waals surface area contributed by atoms with Crippen molar-refractivity contribution in [2.75, 3.05) is 24.8 Å². The molecule has 0 atom stereocenters. The van der Waals surface area contributed by atoms with E-state index >= 15 is 0 Å². The molecule has 5 nitrogen and oxygen atoms in total. The van der Waals surface area contributed by atoms with E-state index < -0.39 is 0 Å². The summed E-state index contributed by atoms with van der Waals surface area (Å²) in [5.41, 5.74) is 1.83. The van der Waals surface area contributed by atoms with Crippen molar-refractivity contribution in [2.45, 2.75) is 59.4 Å². The Morgan fingerprint density at radius 3 is 2.58 bits per heavy atom. The third-order valence-electron chi connectivity index (χ3n) is 4.74. The van der Waals surface area contributed by atoms with E-state index in [1.165, 1.54) is 11.5 Å². The summed E-state index contributed by atoms with van der Waals surface area (Å²) >= 11 is 1.43. The molecular formula is C18H30N4OS. The monoisotopic (exact) mass is 350 g/mol. The molecule has 0 aliphatic carbocycles. The van der Waals surface area contributed by atoms with Crippen LogP contribution < -0.4 is 4.90 Å². The Labute approximate surface area is 150 Å². The second-order valence-electron chi connectivity index (χ2n) is 6.94. The number of hydrogen-bond donors (Lipinski definition) is 0. The highest BCUT2D eigenvalue weighted by Crippen LogP contribution is 2.33. The van der Waals surface area contributed by atoms with Gasteiger partial charge in [-0.2, -0.15) is 4.37 Å². The molecule has 1 aliphatic heterocycles. The van der Waals surface area contributed by atoms with Crippen LogP contribution in [0.25, 0.3) is 0 Å². The van der Waals surface area contributed by atoms with Crippen molar-refractivity contribution in [3.63, 3.8) is 0 Å². The maximum Gasteiger partial charge on any atom is 0.328 e. The highest BCUT2D eigenvalue weighted by Gasteiger charge is 2.39. The summed E-state index contributed by atoms with van der Waals surface area (Å²) in [6.07, 6.45) is 5.02. The average Bonchev–Trinajstić information content (AvgIpc) is 2.94. The molecule has 0 aromatic carbocycles. The number of unbranched alkanes of at least 4 members (excludes halogenated alkanes) is 1. The molecule has 1 aliphatic rings. The molecule has 2 rings (SSSR count). The van der Waals surface area contributed by atoms with Crippen LogP contribution in [0, 0.1) is 6.92 Å². The maximum absolute atomic E-state index is 13.2. The fourth-order valence-corrected chi connectivity index (χ4v) is 3.82. The minimum Gasteiger partial charge on any atom is -0.303 e. The van der Waals surface area contributed by atoms with Gasteiger partial charge in [0.15, 0.2) is 0 Å². The van der Waals surface area contributed by atoms with Crippen molar-refractivity contribution in [1.29, 1.82) is 0 Å². The number of nitrogens with zero attached hydrogens (tertiary/aromatic N) is 4. The first-order valence-corrected chi connectivity index (χ1v) is 9.53. The summed E-state index contributed by atoms with van der Waals surface area (Å²) < 4.78 is 4.53. The van der Waals surface area contributed by atoms with E-state index in [9.17, 15) is 4.79 Å². The van der Waals surface area contributed by atoms with E-state index in [0.29, 0.717) is 13.3 Å². The minimum atomic E-state index is -0.383. The molecule has 0 spiro atoms. The molecule has 2 heterocycles. The maximum atomic E-state index is 13.2. The number of anilines is 1. The molecule has 0 saturated carbocycles. The van der Waals surface area contributed by atoms with E-state index in [4.69, 9.17) is 0 Å². The quantitative estimate of drug-likeness (QED) is 0.691. The summed E-state index contributed by atoms with van der Waals surface area (Å²) in [7, 11) is 0. The Kier molecular flexibility index (Phi) is 6.04. The van der Waals surface area contributed by atoms with Gasteiger partial charge in [-0.3, -0.25) is 9.80 Å². The molecule has 6 heteroatoms. The van der Waals surface area contributed by atoms with E-state index in [1.807, 2.05) is 29.7 Å². The summed E-state index contributed by atoms with van der Waals surface area (Å²) in [5, 5.41) is 0.975. The second kappa shape index (κ2) is 7.66. The number of aryl methyl sites for hydroxylation is 1. The van der Waals surface area contributed by atoms with E-state index in [0.717, 1.165) is 42.1 Å². The molecule has 0 bridgehead atoms. The van der Waals surface area contributed by atoms with E-state index in [1.54, 1.807) is 0 Å². The number of amides is 2. The Morgan fingerprint density at radius 2 is 2.04 bits per heavy atom. The van der Waals surface area contributed by atoms with Crippen LogP contribution in [0.5, 0.6) is 0 Å². The van der Waals surface area contributed by atoms with Crippen molar-refractivity contribution in [3.8, 4) is 0 Å². The fraction of sp³-hybridized carbons (Fsp3) is 0.667. The first-order valence-electron chi connectivity index (χ1n) is 8.75. The number of rotatable bonds is 7. The van der Waals surface area contributed by atoms with E-state index in [-0.39, 0.29) is 11.6 Å². The summed E-state index contributed by atoms with van der Waals surface area (Å²) in [4.78, 5) is 19.3. The van der Waals surface area contributed by atoms with Crippen LogP contribution in [0.1, 0.15) is 51.8 Å². The van der Waals surface area contributed by atoms with Gasteiger partial charge in [0.25, 0.3) is 0 Å². The Bertz CT molecular complexity index is 596. The number of carbonyl (C=O) groups is 1. The van der Waals surface area contributed by atoms with Gasteiger partial charge in [0.1, 0.15) is 5.00 Å². The molecule has 1 saturated heterocycles. The number of aromatic nitrogens is 1. The van der Waals surface area contributed by atoms with Gasteiger partial charge >= 0.3 is 6.03 Å². The highest BCUT2D eigenvalue weighted by atomic mass is 32.1. The average molecular weight is 351 g/mol. The third-order valence-corrected chi connectivity index (χ3v) is 5.75. The molecule has 24 heavy (non-hydrogen) atoms. The van der Waals surface area contributed by atoms with Gasteiger partial charge < -0.3 is 4.90 Å². The summed E-state index contributed by atoms with van der Waals surface area (Å²) in [6, 6.07) is 0.0436. The number of urea groups is 1. The van der Waals surface area contributed by atoms with Crippen LogP contribution in [0.4, 0.5) is 9.80 Å². The molecule has 1 aromatic rings. The number of hydrogen-bond acceptors (Lipinski definition) is 4. The Balaban J connectivity index is 2.35. The van der Waals surface area contributed by atoms with Crippen molar-refractivity contribution >= 4 is 22.6 Å². The third kappa shape index (κ3) is 3.64. The van der Waals surface area contributed by atoms with Crippen LogP contribution in [-0.2, 0) is 6.42 Å². The van der Waals surface area contributed by atoms with E-state index in [2.05, 4.69) is 36.6 Å². The van der Waals surface area contributed by atoms with Gasteiger partial charge in [0, 0.05) is 12.1 Å². The van der Waals surface area contributed by atoms with Crippen molar-refractivity contribution in [2.24, 2.45) is 0 Å². The second-order valence-corrected chi connectivity index (χ2v) is 7.69. The first kappa shape index (κ1) is 18.9. The normalized spacial score (nSPS) is 16.8. The molecule has 134 valence electrons. The molecule has 1 aromatic heterocycles. The zero-order chi connectivity index (χ0) is 17.9. The van der Waals surface area contributed by atoms with Gasteiger partial charge in [-0.15, -0.1) is 6.58 Å². The zero-order valence-corrected chi connectivity index (χ0v) is 16.4. The molecular weight excluding hydrogens is 320 g/mol. The topological polar surface area (TPSA) is 39.7 Å². The first-order chi connectivity index (χ1) is 11.4. The SMILES string of the molecule is C=CC(C)(C)N1CN(CCCC)CN(c2snc(CC)c2C)C1=O. The molecule has 0 radical (unpaired) electrons. The van der Waals surface area contributed by atoms with Gasteiger partial charge in [-0.05, 0) is 45.1 Å². The smallest absolute Gasteiger partial charge is 0.303 e. The lowest BCUT2D eigenvalue weighted by Gasteiger charge is -2.47. The fourth-order valence-electron chi connectivity index (χ4n) is 2.86. The van der Waals surface area contributed by atoms with Crippen LogP contribution in [0.3, 0.4) is 0 Å². The van der Waals surface area contributed by atoms with Crippen LogP contribution in [0.2, 0.25) is 0 Å². The lowest BCUT2D eigenvalue weighted by Crippen LogP contribution is -2.63. The molecule has 1 fully saturated rings. The van der Waals surface area contributed by atoms with Gasteiger partial charge in [-0.25, -0.2) is 4.79 Å². The van der Waals surface area contributed by atoms with Gasteiger partial charge in [0.2, 0.25) is 0 Å². The Morgan fingerprint density at radius 1 is 1.33 bits per heavy atom. The van der Waals surface area contributed by atoms with Crippen LogP contribution in [-0.4, -0.2) is 45.6 Å². The standard InChI is InChI=1S/C18H30N4OS/c1-7-10-11-20-12-21(16-14(4)15(8-2)19-24-16)17(23)22(13-20)18(5,6)9-3/h9H,3,7-8,10-13H2,1-2,4-6H3. The highest BCUT2D eigenvalue weighted by molar-refractivity contribution is 7.10. The predicted molar refractivity (Wildman–Crippen MR) is 102 cm³/mol. The predicted octanol–water partition coefficient (Wildman–Crippen LogP) is 4.24. The Hall–Kier alpha value is -1.40.